The zero-order valence-electron chi connectivity index (χ0n) is 16.4. The summed E-state index contributed by atoms with van der Waals surface area (Å²) in [6.45, 7) is 8.47. The van der Waals surface area contributed by atoms with E-state index >= 15 is 0 Å². The molecule has 3 rings (SSSR count). The molecule has 0 radical (unpaired) electrons. The van der Waals surface area contributed by atoms with E-state index in [1.807, 2.05) is 36.9 Å². The van der Waals surface area contributed by atoms with Gasteiger partial charge >= 0.3 is 6.09 Å². The molecule has 0 aliphatic carbocycles. The van der Waals surface area contributed by atoms with Gasteiger partial charge in [-0.2, -0.15) is 0 Å². The highest BCUT2D eigenvalue weighted by atomic mass is 16.6. The number of hydrogen-bond donors (Lipinski definition) is 1. The Labute approximate surface area is 164 Å². The minimum absolute atomic E-state index is 0.279. The standard InChI is InChI=1S/C20H25N5O3/c1-4-28-20(27)25-7-5-24(6-8-25)18-12-17(21-13-22-18)19(26)23-16-10-14(2)9-15(3)11-16/h9-13H,4-8H2,1-3H3,(H,23,26). The summed E-state index contributed by atoms with van der Waals surface area (Å²) in [5.41, 5.74) is 3.21. The van der Waals surface area contributed by atoms with E-state index in [9.17, 15) is 9.59 Å². The van der Waals surface area contributed by atoms with Crippen LogP contribution in [0, 0.1) is 13.8 Å². The molecular formula is C20H25N5O3. The maximum atomic E-state index is 12.6. The summed E-state index contributed by atoms with van der Waals surface area (Å²) in [5.74, 6) is 0.392. The van der Waals surface area contributed by atoms with Gasteiger partial charge in [0.25, 0.3) is 5.91 Å². The lowest BCUT2D eigenvalue weighted by Crippen LogP contribution is -2.49. The Balaban J connectivity index is 1.65. The number of carbonyl (C=O) groups is 2. The molecule has 0 unspecified atom stereocenters. The Morgan fingerprint density at radius 3 is 2.36 bits per heavy atom. The molecule has 1 aliphatic heterocycles. The van der Waals surface area contributed by atoms with Gasteiger partial charge in [-0.25, -0.2) is 14.8 Å². The van der Waals surface area contributed by atoms with Crippen LogP contribution in [0.1, 0.15) is 28.5 Å². The van der Waals surface area contributed by atoms with Crippen molar-refractivity contribution in [1.29, 1.82) is 0 Å². The number of ether oxygens (including phenoxy) is 1. The molecule has 1 aromatic heterocycles. The zero-order chi connectivity index (χ0) is 20.1. The maximum absolute atomic E-state index is 12.6. The lowest BCUT2D eigenvalue weighted by molar-refractivity contribution is 0.102. The average Bonchev–Trinajstić information content (AvgIpc) is 2.67. The number of nitrogens with one attached hydrogen (secondary N) is 1. The molecule has 8 nitrogen and oxygen atoms in total. The molecule has 0 saturated carbocycles. The lowest BCUT2D eigenvalue weighted by atomic mass is 10.1. The number of amides is 2. The largest absolute Gasteiger partial charge is 0.450 e. The molecule has 1 saturated heterocycles. The van der Waals surface area contributed by atoms with Crippen LogP contribution in [0.2, 0.25) is 0 Å². The molecule has 8 heteroatoms. The molecular weight excluding hydrogens is 358 g/mol. The molecule has 2 heterocycles. The Morgan fingerprint density at radius 2 is 1.71 bits per heavy atom. The van der Waals surface area contributed by atoms with Gasteiger partial charge in [-0.3, -0.25) is 4.79 Å². The fraction of sp³-hybridized carbons (Fsp3) is 0.400. The maximum Gasteiger partial charge on any atom is 0.409 e. The minimum atomic E-state index is -0.293. The number of hydrogen-bond acceptors (Lipinski definition) is 6. The van der Waals surface area contributed by atoms with E-state index < -0.39 is 0 Å². The van der Waals surface area contributed by atoms with Gasteiger partial charge in [-0.1, -0.05) is 6.07 Å². The number of aryl methyl sites for hydroxylation is 2. The van der Waals surface area contributed by atoms with Crippen LogP contribution in [-0.2, 0) is 4.74 Å². The molecule has 148 valence electrons. The summed E-state index contributed by atoms with van der Waals surface area (Å²) in [5, 5.41) is 2.89. The van der Waals surface area contributed by atoms with Crippen molar-refractivity contribution in [3.63, 3.8) is 0 Å². The van der Waals surface area contributed by atoms with E-state index in [1.165, 1.54) is 6.33 Å². The molecule has 1 fully saturated rings. The van der Waals surface area contributed by atoms with Crippen molar-refractivity contribution < 1.29 is 14.3 Å². The molecule has 0 spiro atoms. The average molecular weight is 383 g/mol. The zero-order valence-corrected chi connectivity index (χ0v) is 16.4. The predicted molar refractivity (Wildman–Crippen MR) is 107 cm³/mol. The Hall–Kier alpha value is -3.16. The highest BCUT2D eigenvalue weighted by Gasteiger charge is 2.23. The molecule has 2 aromatic rings. The minimum Gasteiger partial charge on any atom is -0.450 e. The highest BCUT2D eigenvalue weighted by Crippen LogP contribution is 2.17. The van der Waals surface area contributed by atoms with Crippen molar-refractivity contribution in [3.8, 4) is 0 Å². The van der Waals surface area contributed by atoms with Crippen molar-refractivity contribution in [2.75, 3.05) is 43.0 Å². The van der Waals surface area contributed by atoms with Gasteiger partial charge in [0, 0.05) is 37.9 Å². The van der Waals surface area contributed by atoms with Gasteiger partial charge in [0.1, 0.15) is 17.8 Å². The molecule has 28 heavy (non-hydrogen) atoms. The Morgan fingerprint density at radius 1 is 1.04 bits per heavy atom. The predicted octanol–water partition coefficient (Wildman–Crippen LogP) is 2.62. The fourth-order valence-electron chi connectivity index (χ4n) is 3.22. The van der Waals surface area contributed by atoms with E-state index in [4.69, 9.17) is 4.74 Å². The van der Waals surface area contributed by atoms with Gasteiger partial charge in [-0.05, 0) is 44.0 Å². The van der Waals surface area contributed by atoms with Gasteiger partial charge in [-0.15, -0.1) is 0 Å². The van der Waals surface area contributed by atoms with Crippen LogP contribution < -0.4 is 10.2 Å². The number of aromatic nitrogens is 2. The second-order valence-corrected chi connectivity index (χ2v) is 6.76. The number of nitrogens with zero attached hydrogens (tertiary/aromatic N) is 4. The second kappa shape index (κ2) is 8.69. The topological polar surface area (TPSA) is 87.7 Å². The van der Waals surface area contributed by atoms with Gasteiger partial charge in [0.15, 0.2) is 0 Å². The van der Waals surface area contributed by atoms with E-state index in [-0.39, 0.29) is 12.0 Å². The third kappa shape index (κ3) is 4.76. The molecule has 0 bridgehead atoms. The molecule has 1 aromatic carbocycles. The summed E-state index contributed by atoms with van der Waals surface area (Å²) in [6, 6.07) is 7.57. The third-order valence-corrected chi connectivity index (χ3v) is 4.49. The highest BCUT2D eigenvalue weighted by molar-refractivity contribution is 6.03. The van der Waals surface area contributed by atoms with Crippen LogP contribution in [0.25, 0.3) is 0 Å². The second-order valence-electron chi connectivity index (χ2n) is 6.76. The molecule has 1 aliphatic rings. The van der Waals surface area contributed by atoms with Gasteiger partial charge in [0.2, 0.25) is 0 Å². The van der Waals surface area contributed by atoms with E-state index in [1.54, 1.807) is 17.9 Å². The summed E-state index contributed by atoms with van der Waals surface area (Å²) < 4.78 is 5.04. The Kier molecular flexibility index (Phi) is 6.08. The molecule has 1 N–H and O–H groups in total. The van der Waals surface area contributed by atoms with Crippen LogP contribution in [-0.4, -0.2) is 59.7 Å². The van der Waals surface area contributed by atoms with Gasteiger partial charge in [0.05, 0.1) is 6.61 Å². The summed E-state index contributed by atoms with van der Waals surface area (Å²) >= 11 is 0. The number of benzene rings is 1. The van der Waals surface area contributed by atoms with E-state index in [0.29, 0.717) is 44.3 Å². The summed E-state index contributed by atoms with van der Waals surface area (Å²) in [6.07, 6.45) is 1.10. The smallest absolute Gasteiger partial charge is 0.409 e. The lowest BCUT2D eigenvalue weighted by Gasteiger charge is -2.34. The van der Waals surface area contributed by atoms with Gasteiger partial charge < -0.3 is 19.9 Å². The van der Waals surface area contributed by atoms with Crippen LogP contribution in [0.15, 0.2) is 30.6 Å². The number of piperazine rings is 1. The van der Waals surface area contributed by atoms with Crippen molar-refractivity contribution in [2.24, 2.45) is 0 Å². The first-order valence-electron chi connectivity index (χ1n) is 9.34. The fourth-order valence-corrected chi connectivity index (χ4v) is 3.22. The summed E-state index contributed by atoms with van der Waals surface area (Å²) in [4.78, 5) is 36.5. The van der Waals surface area contributed by atoms with Crippen molar-refractivity contribution >= 4 is 23.5 Å². The molecule has 0 atom stereocenters. The quantitative estimate of drug-likeness (QED) is 0.873. The number of carbonyl (C=O) groups excluding carboxylic acids is 2. The van der Waals surface area contributed by atoms with Crippen molar-refractivity contribution in [3.05, 3.63) is 47.4 Å². The summed E-state index contributed by atoms with van der Waals surface area (Å²) in [7, 11) is 0. The van der Waals surface area contributed by atoms with Crippen LogP contribution in [0.4, 0.5) is 16.3 Å². The van der Waals surface area contributed by atoms with Crippen LogP contribution in [0.5, 0.6) is 0 Å². The van der Waals surface area contributed by atoms with Crippen molar-refractivity contribution in [2.45, 2.75) is 20.8 Å². The normalized spacial score (nSPS) is 14.0. The number of anilines is 2. The SMILES string of the molecule is CCOC(=O)N1CCN(c2cc(C(=O)Nc3cc(C)cc(C)c3)ncn2)CC1. The van der Waals surface area contributed by atoms with E-state index in [0.717, 1.165) is 16.8 Å². The molecule has 2 amide bonds. The van der Waals surface area contributed by atoms with Crippen LogP contribution >= 0.6 is 0 Å². The number of rotatable bonds is 4. The van der Waals surface area contributed by atoms with Crippen molar-refractivity contribution in [1.82, 2.24) is 14.9 Å². The first kappa shape index (κ1) is 19.6. The third-order valence-electron chi connectivity index (χ3n) is 4.49. The van der Waals surface area contributed by atoms with Crippen LogP contribution in [0.3, 0.4) is 0 Å². The van der Waals surface area contributed by atoms with E-state index in [2.05, 4.69) is 15.3 Å². The monoisotopic (exact) mass is 383 g/mol. The first-order chi connectivity index (χ1) is 13.5. The first-order valence-corrected chi connectivity index (χ1v) is 9.34. The Bertz CT molecular complexity index is 842.